The maximum atomic E-state index is 6.29. The summed E-state index contributed by atoms with van der Waals surface area (Å²) in [6.45, 7) is 4.94. The molecule has 16 heavy (non-hydrogen) atoms. The van der Waals surface area contributed by atoms with Crippen LogP contribution in [-0.2, 0) is 5.75 Å². The number of fused-ring (bicyclic) bond motifs is 1. The van der Waals surface area contributed by atoms with Crippen LogP contribution in [0.1, 0.15) is 37.4 Å². The summed E-state index contributed by atoms with van der Waals surface area (Å²) in [4.78, 5) is 0. The quantitative estimate of drug-likeness (QED) is 0.877. The zero-order chi connectivity index (χ0) is 11.5. The Hall–Kier alpha value is -0.670. The largest absolute Gasteiger partial charge is 0.494 e. The predicted octanol–water partition coefficient (Wildman–Crippen LogP) is 3.11. The average Bonchev–Trinajstić information content (AvgIpc) is 2.31. The predicted molar refractivity (Wildman–Crippen MR) is 69.9 cm³/mol. The SMILES string of the molecule is CCOc1cccc2c1CSC(CC)C2N. The Morgan fingerprint density at radius 3 is 2.94 bits per heavy atom. The Morgan fingerprint density at radius 2 is 2.25 bits per heavy atom. The highest BCUT2D eigenvalue weighted by Gasteiger charge is 2.27. The van der Waals surface area contributed by atoms with E-state index in [-0.39, 0.29) is 6.04 Å². The van der Waals surface area contributed by atoms with Crippen LogP contribution in [-0.4, -0.2) is 11.9 Å². The van der Waals surface area contributed by atoms with Crippen molar-refractivity contribution in [2.24, 2.45) is 5.73 Å². The Morgan fingerprint density at radius 1 is 1.44 bits per heavy atom. The molecule has 2 nitrogen and oxygen atoms in total. The van der Waals surface area contributed by atoms with E-state index in [4.69, 9.17) is 10.5 Å². The lowest BCUT2D eigenvalue weighted by Crippen LogP contribution is -2.28. The van der Waals surface area contributed by atoms with Gasteiger partial charge in [-0.15, -0.1) is 0 Å². The van der Waals surface area contributed by atoms with Gasteiger partial charge in [0.25, 0.3) is 0 Å². The molecule has 2 unspecified atom stereocenters. The number of hydrogen-bond donors (Lipinski definition) is 1. The van der Waals surface area contributed by atoms with Crippen molar-refractivity contribution in [2.75, 3.05) is 6.61 Å². The van der Waals surface area contributed by atoms with Crippen molar-refractivity contribution in [3.8, 4) is 5.75 Å². The first kappa shape index (κ1) is 11.8. The van der Waals surface area contributed by atoms with E-state index in [2.05, 4.69) is 13.0 Å². The first-order valence-electron chi connectivity index (χ1n) is 5.89. The summed E-state index contributed by atoms with van der Waals surface area (Å²) in [5, 5.41) is 0.546. The molecule has 0 fully saturated rings. The van der Waals surface area contributed by atoms with Crippen molar-refractivity contribution >= 4 is 11.8 Å². The molecule has 2 N–H and O–H groups in total. The molecule has 0 radical (unpaired) electrons. The molecular weight excluding hydrogens is 218 g/mol. The molecule has 1 aromatic carbocycles. The molecule has 2 atom stereocenters. The third-order valence-corrected chi connectivity index (χ3v) is 4.58. The Kier molecular flexibility index (Phi) is 3.77. The standard InChI is InChI=1S/C13H19NOS/c1-3-12-13(14)9-6-5-7-11(15-4-2)10(9)8-16-12/h5-7,12-13H,3-4,8,14H2,1-2H3. The van der Waals surface area contributed by atoms with Gasteiger partial charge in [0.2, 0.25) is 0 Å². The molecule has 1 aliphatic heterocycles. The van der Waals surface area contributed by atoms with Crippen LogP contribution in [0.15, 0.2) is 18.2 Å². The van der Waals surface area contributed by atoms with Crippen LogP contribution < -0.4 is 10.5 Å². The highest BCUT2D eigenvalue weighted by molar-refractivity contribution is 7.99. The van der Waals surface area contributed by atoms with E-state index >= 15 is 0 Å². The number of nitrogens with two attached hydrogens (primary N) is 1. The first-order chi connectivity index (χ1) is 7.77. The summed E-state index contributed by atoms with van der Waals surface area (Å²) in [6, 6.07) is 6.39. The number of benzene rings is 1. The second-order valence-electron chi connectivity index (χ2n) is 4.04. The van der Waals surface area contributed by atoms with E-state index in [1.165, 1.54) is 11.1 Å². The number of thioether (sulfide) groups is 1. The lowest BCUT2D eigenvalue weighted by molar-refractivity contribution is 0.336. The van der Waals surface area contributed by atoms with Gasteiger partial charge in [-0.2, -0.15) is 11.8 Å². The topological polar surface area (TPSA) is 35.2 Å². The van der Waals surface area contributed by atoms with Gasteiger partial charge in [-0.1, -0.05) is 19.1 Å². The normalized spacial score (nSPS) is 23.9. The van der Waals surface area contributed by atoms with Crippen LogP contribution in [0.2, 0.25) is 0 Å². The minimum absolute atomic E-state index is 0.152. The van der Waals surface area contributed by atoms with Crippen LogP contribution in [0.4, 0.5) is 0 Å². The minimum Gasteiger partial charge on any atom is -0.494 e. The van der Waals surface area contributed by atoms with Crippen LogP contribution in [0.25, 0.3) is 0 Å². The molecule has 88 valence electrons. The third kappa shape index (κ3) is 2.06. The lowest BCUT2D eigenvalue weighted by Gasteiger charge is -2.30. The van der Waals surface area contributed by atoms with E-state index in [9.17, 15) is 0 Å². The average molecular weight is 237 g/mol. The van der Waals surface area contributed by atoms with Crippen molar-refractivity contribution in [1.29, 1.82) is 0 Å². The van der Waals surface area contributed by atoms with Crippen LogP contribution in [0.3, 0.4) is 0 Å². The number of hydrogen-bond acceptors (Lipinski definition) is 3. The van der Waals surface area contributed by atoms with Gasteiger partial charge in [0.15, 0.2) is 0 Å². The molecule has 1 aliphatic rings. The van der Waals surface area contributed by atoms with E-state index in [1.54, 1.807) is 0 Å². The second-order valence-corrected chi connectivity index (χ2v) is 5.27. The van der Waals surface area contributed by atoms with Gasteiger partial charge >= 0.3 is 0 Å². The number of rotatable bonds is 3. The van der Waals surface area contributed by atoms with E-state index < -0.39 is 0 Å². The van der Waals surface area contributed by atoms with Crippen molar-refractivity contribution in [3.05, 3.63) is 29.3 Å². The van der Waals surface area contributed by atoms with Crippen LogP contribution >= 0.6 is 11.8 Å². The smallest absolute Gasteiger partial charge is 0.123 e. The van der Waals surface area contributed by atoms with E-state index in [0.717, 1.165) is 17.9 Å². The number of ether oxygens (including phenoxy) is 1. The van der Waals surface area contributed by atoms with Gasteiger partial charge in [0.05, 0.1) is 6.61 Å². The summed E-state index contributed by atoms with van der Waals surface area (Å²) in [6.07, 6.45) is 1.13. The van der Waals surface area contributed by atoms with Gasteiger partial charge in [0, 0.05) is 22.6 Å². The maximum Gasteiger partial charge on any atom is 0.123 e. The molecule has 0 saturated carbocycles. The lowest BCUT2D eigenvalue weighted by atomic mass is 9.97. The molecular formula is C13H19NOS. The van der Waals surface area contributed by atoms with Gasteiger partial charge in [-0.05, 0) is 25.0 Å². The van der Waals surface area contributed by atoms with Crippen LogP contribution in [0, 0.1) is 0 Å². The van der Waals surface area contributed by atoms with Crippen LogP contribution in [0.5, 0.6) is 5.75 Å². The molecule has 0 spiro atoms. The Bertz CT molecular complexity index is 367. The molecule has 1 heterocycles. The summed E-state index contributed by atoms with van der Waals surface area (Å²) in [5.41, 5.74) is 8.86. The third-order valence-electron chi connectivity index (χ3n) is 3.07. The van der Waals surface area contributed by atoms with Gasteiger partial charge in [0.1, 0.15) is 5.75 Å². The molecule has 0 aromatic heterocycles. The van der Waals surface area contributed by atoms with Gasteiger partial charge in [-0.3, -0.25) is 0 Å². The Balaban J connectivity index is 2.34. The fraction of sp³-hybridized carbons (Fsp3) is 0.538. The van der Waals surface area contributed by atoms with Gasteiger partial charge in [-0.25, -0.2) is 0 Å². The second kappa shape index (κ2) is 5.11. The fourth-order valence-corrected chi connectivity index (χ4v) is 3.49. The molecule has 3 heteroatoms. The minimum atomic E-state index is 0.152. The van der Waals surface area contributed by atoms with Crippen molar-refractivity contribution < 1.29 is 4.74 Å². The molecule has 1 aromatic rings. The highest BCUT2D eigenvalue weighted by Crippen LogP contribution is 2.41. The van der Waals surface area contributed by atoms with Crippen molar-refractivity contribution in [3.63, 3.8) is 0 Å². The summed E-state index contributed by atoms with van der Waals surface area (Å²) in [5.74, 6) is 2.04. The highest BCUT2D eigenvalue weighted by atomic mass is 32.2. The molecule has 0 saturated heterocycles. The fourth-order valence-electron chi connectivity index (χ4n) is 2.21. The molecule has 0 aliphatic carbocycles. The summed E-state index contributed by atoms with van der Waals surface area (Å²) < 4.78 is 5.65. The zero-order valence-corrected chi connectivity index (χ0v) is 10.7. The Labute approximate surface area is 102 Å². The maximum absolute atomic E-state index is 6.29. The molecule has 0 amide bonds. The van der Waals surface area contributed by atoms with E-state index in [0.29, 0.717) is 11.9 Å². The molecule has 0 bridgehead atoms. The van der Waals surface area contributed by atoms with E-state index in [1.807, 2.05) is 30.8 Å². The van der Waals surface area contributed by atoms with Crippen molar-refractivity contribution in [2.45, 2.75) is 37.3 Å². The van der Waals surface area contributed by atoms with Crippen molar-refractivity contribution in [1.82, 2.24) is 0 Å². The summed E-state index contributed by atoms with van der Waals surface area (Å²) in [7, 11) is 0. The zero-order valence-electron chi connectivity index (χ0n) is 9.90. The van der Waals surface area contributed by atoms with Gasteiger partial charge < -0.3 is 10.5 Å². The first-order valence-corrected chi connectivity index (χ1v) is 6.94. The monoisotopic (exact) mass is 237 g/mol. The summed E-state index contributed by atoms with van der Waals surface area (Å²) >= 11 is 1.95. The molecule has 2 rings (SSSR count).